The van der Waals surface area contributed by atoms with Crippen molar-refractivity contribution < 1.29 is 13.6 Å². The number of rotatable bonds is 6. The normalized spacial score (nSPS) is 15.4. The van der Waals surface area contributed by atoms with E-state index in [1.165, 1.54) is 28.5 Å². The van der Waals surface area contributed by atoms with Gasteiger partial charge >= 0.3 is 5.69 Å². The smallest absolute Gasteiger partial charge is 0.350 e. The van der Waals surface area contributed by atoms with Gasteiger partial charge in [-0.3, -0.25) is 9.78 Å². The predicted octanol–water partition coefficient (Wildman–Crippen LogP) is 6.06. The second-order valence-corrected chi connectivity index (χ2v) is 12.1. The number of anilines is 1. The molecule has 43 heavy (non-hydrogen) atoms. The number of aromatic nitrogens is 4. The van der Waals surface area contributed by atoms with E-state index in [0.29, 0.717) is 29.4 Å². The number of nitrogens with zero attached hydrogens (tertiary/aromatic N) is 6. The first-order valence-corrected chi connectivity index (χ1v) is 15.4. The van der Waals surface area contributed by atoms with E-state index in [9.17, 15) is 9.59 Å². The Morgan fingerprint density at radius 2 is 1.91 bits per heavy atom. The number of benzene rings is 1. The number of carbonyl (C=O) groups is 1. The minimum Gasteiger partial charge on any atom is -0.350 e. The highest BCUT2D eigenvalue weighted by Crippen LogP contribution is 2.37. The van der Waals surface area contributed by atoms with Crippen molar-refractivity contribution in [1.29, 1.82) is 0 Å². The van der Waals surface area contributed by atoms with Gasteiger partial charge in [-0.1, -0.05) is 38.1 Å². The number of thioether (sulfide) groups is 1. The summed E-state index contributed by atoms with van der Waals surface area (Å²) in [6, 6.07) is 7.25. The van der Waals surface area contributed by atoms with E-state index in [2.05, 4.69) is 21.5 Å². The lowest BCUT2D eigenvalue weighted by molar-refractivity contribution is -0.127. The van der Waals surface area contributed by atoms with Gasteiger partial charge in [0.15, 0.2) is 11.5 Å². The van der Waals surface area contributed by atoms with Crippen LogP contribution in [0.25, 0.3) is 28.0 Å². The first kappa shape index (κ1) is 30.6. The van der Waals surface area contributed by atoms with Crippen LogP contribution in [0.3, 0.4) is 0 Å². The average Bonchev–Trinajstić information content (AvgIpc) is 2.96. The Hall–Kier alpha value is -3.83. The minimum atomic E-state index is -0.756. The number of hydrogen-bond donors (Lipinski definition) is 0. The van der Waals surface area contributed by atoms with Crippen molar-refractivity contribution >= 4 is 46.1 Å². The molecule has 12 heteroatoms. The molecule has 1 saturated heterocycles. The summed E-state index contributed by atoms with van der Waals surface area (Å²) in [6.45, 7) is 12.1. The molecule has 0 aliphatic carbocycles. The predicted molar refractivity (Wildman–Crippen MR) is 167 cm³/mol. The summed E-state index contributed by atoms with van der Waals surface area (Å²) in [4.78, 5) is 44.1. The number of halogens is 3. The molecule has 5 rings (SSSR count). The van der Waals surface area contributed by atoms with Crippen LogP contribution in [-0.2, 0) is 4.79 Å². The summed E-state index contributed by atoms with van der Waals surface area (Å²) < 4.78 is 32.7. The first-order valence-electron chi connectivity index (χ1n) is 13.8. The molecular formula is C31H31ClF2N6O2S. The topological polar surface area (TPSA) is 84.2 Å². The summed E-state index contributed by atoms with van der Waals surface area (Å²) >= 11 is 7.13. The van der Waals surface area contributed by atoms with Crippen LogP contribution in [0.4, 0.5) is 14.6 Å². The van der Waals surface area contributed by atoms with E-state index in [1.54, 1.807) is 35.6 Å². The van der Waals surface area contributed by atoms with Gasteiger partial charge in [-0.05, 0) is 55.9 Å². The van der Waals surface area contributed by atoms with Crippen molar-refractivity contribution in [2.75, 3.05) is 30.8 Å². The zero-order chi connectivity index (χ0) is 31.2. The molecule has 0 spiro atoms. The summed E-state index contributed by atoms with van der Waals surface area (Å²) in [6.07, 6.45) is 3.44. The Morgan fingerprint density at radius 3 is 2.56 bits per heavy atom. The quantitative estimate of drug-likeness (QED) is 0.190. The van der Waals surface area contributed by atoms with E-state index >= 15 is 8.78 Å². The second kappa shape index (κ2) is 12.0. The van der Waals surface area contributed by atoms with Crippen molar-refractivity contribution in [1.82, 2.24) is 24.4 Å². The molecule has 4 aromatic rings. The average molecular weight is 625 g/mol. The van der Waals surface area contributed by atoms with Crippen LogP contribution in [0.1, 0.15) is 37.9 Å². The van der Waals surface area contributed by atoms with Gasteiger partial charge < -0.3 is 9.80 Å². The van der Waals surface area contributed by atoms with Crippen molar-refractivity contribution in [3.05, 3.63) is 81.5 Å². The Bertz CT molecular complexity index is 1830. The second-order valence-electron chi connectivity index (χ2n) is 10.8. The highest BCUT2D eigenvalue weighted by molar-refractivity contribution is 7.98. The Balaban J connectivity index is 1.82. The van der Waals surface area contributed by atoms with Gasteiger partial charge in [-0.25, -0.2) is 23.1 Å². The van der Waals surface area contributed by atoms with Gasteiger partial charge in [0.2, 0.25) is 0 Å². The molecule has 224 valence electrons. The molecule has 3 aromatic heterocycles. The van der Waals surface area contributed by atoms with Crippen LogP contribution < -0.4 is 10.6 Å². The van der Waals surface area contributed by atoms with E-state index in [0.717, 1.165) is 5.56 Å². The standard InChI is InChI=1S/C31H31ClF2N6O2S/c1-16(2)25-27(17(3)10-11-35-25)40-29-20(14-22(34)26(36-29)24-21(33)8-7-9-23(24)43-6)28(37-31(40)42)39-13-12-38(15-18(39)4)30(41)19(5)32/h7-11,14,16,18H,5,12-13,15H2,1-4,6H3/t18-/m0/s1. The van der Waals surface area contributed by atoms with Crippen LogP contribution in [0.2, 0.25) is 0 Å². The number of hydrogen-bond acceptors (Lipinski definition) is 7. The number of piperazine rings is 1. The molecule has 8 nitrogen and oxygen atoms in total. The van der Waals surface area contributed by atoms with E-state index < -0.39 is 17.3 Å². The van der Waals surface area contributed by atoms with Crippen molar-refractivity contribution in [2.45, 2.75) is 44.6 Å². The summed E-state index contributed by atoms with van der Waals surface area (Å²) in [7, 11) is 0. The van der Waals surface area contributed by atoms with Crippen LogP contribution in [0.15, 0.2) is 57.8 Å². The van der Waals surface area contributed by atoms with Gasteiger partial charge in [0.25, 0.3) is 5.91 Å². The molecular weight excluding hydrogens is 594 g/mol. The van der Waals surface area contributed by atoms with Gasteiger partial charge in [0, 0.05) is 36.8 Å². The molecule has 4 heterocycles. The van der Waals surface area contributed by atoms with Crippen LogP contribution in [-0.4, -0.2) is 62.3 Å². The first-order chi connectivity index (χ1) is 20.4. The molecule has 1 aromatic carbocycles. The van der Waals surface area contributed by atoms with E-state index in [1.807, 2.05) is 32.6 Å². The van der Waals surface area contributed by atoms with Gasteiger partial charge in [0.05, 0.1) is 27.4 Å². The molecule has 0 N–H and O–H groups in total. The molecule has 1 amide bonds. The fourth-order valence-corrected chi connectivity index (χ4v) is 6.25. The molecule has 1 fully saturated rings. The molecule has 1 atom stereocenters. The third-order valence-corrected chi connectivity index (χ3v) is 8.52. The number of fused-ring (bicyclic) bond motifs is 1. The lowest BCUT2D eigenvalue weighted by Gasteiger charge is -2.40. The van der Waals surface area contributed by atoms with Crippen LogP contribution in [0, 0.1) is 18.6 Å². The van der Waals surface area contributed by atoms with Gasteiger partial charge in [-0.15, -0.1) is 11.8 Å². The molecule has 0 saturated carbocycles. The summed E-state index contributed by atoms with van der Waals surface area (Å²) in [5.74, 6) is -1.59. The fraction of sp³-hybridized carbons (Fsp3) is 0.323. The van der Waals surface area contributed by atoms with Gasteiger partial charge in [0.1, 0.15) is 17.3 Å². The third kappa shape index (κ3) is 5.51. The minimum absolute atomic E-state index is 0.0144. The Labute approximate surface area is 257 Å². The summed E-state index contributed by atoms with van der Waals surface area (Å²) in [5, 5.41) is 0.186. The Morgan fingerprint density at radius 1 is 1.16 bits per heavy atom. The number of pyridine rings is 2. The molecule has 0 unspecified atom stereocenters. The molecule has 0 radical (unpaired) electrons. The monoisotopic (exact) mass is 624 g/mol. The van der Waals surface area contributed by atoms with Crippen LogP contribution in [0.5, 0.6) is 0 Å². The van der Waals surface area contributed by atoms with Gasteiger partial charge in [-0.2, -0.15) is 4.98 Å². The Kier molecular flexibility index (Phi) is 8.58. The molecule has 1 aliphatic heterocycles. The van der Waals surface area contributed by atoms with Crippen molar-refractivity contribution in [3.8, 4) is 16.9 Å². The fourth-order valence-electron chi connectivity index (χ4n) is 5.52. The highest BCUT2D eigenvalue weighted by Gasteiger charge is 2.32. The third-order valence-electron chi connectivity index (χ3n) is 7.58. The number of amides is 1. The lowest BCUT2D eigenvalue weighted by Crippen LogP contribution is -2.54. The SMILES string of the molecule is C=C(Cl)C(=O)N1CCN(c2nc(=O)n(-c3c(C)ccnc3C(C)C)c3nc(-c4c(F)cccc4SC)c(F)cc23)[C@@H](C)C1. The van der Waals surface area contributed by atoms with Crippen molar-refractivity contribution in [3.63, 3.8) is 0 Å². The lowest BCUT2D eigenvalue weighted by atomic mass is 10.0. The number of aryl methyl sites for hydroxylation is 1. The molecule has 0 bridgehead atoms. The van der Waals surface area contributed by atoms with Crippen molar-refractivity contribution in [2.24, 2.45) is 0 Å². The number of carbonyl (C=O) groups excluding carboxylic acids is 1. The van der Waals surface area contributed by atoms with Crippen LogP contribution >= 0.6 is 23.4 Å². The van der Waals surface area contributed by atoms with E-state index in [-0.39, 0.29) is 57.6 Å². The maximum absolute atomic E-state index is 16.1. The highest BCUT2D eigenvalue weighted by atomic mass is 35.5. The largest absolute Gasteiger partial charge is 0.355 e. The molecule has 1 aliphatic rings. The maximum Gasteiger partial charge on any atom is 0.355 e. The maximum atomic E-state index is 16.1. The van der Waals surface area contributed by atoms with E-state index in [4.69, 9.17) is 11.6 Å². The zero-order valence-electron chi connectivity index (χ0n) is 24.5. The zero-order valence-corrected chi connectivity index (χ0v) is 26.1. The summed E-state index contributed by atoms with van der Waals surface area (Å²) in [5.41, 5.74) is 1.19.